The third-order valence-corrected chi connectivity index (χ3v) is 7.96. The van der Waals surface area contributed by atoms with E-state index < -0.39 is 10.0 Å². The van der Waals surface area contributed by atoms with E-state index in [1.165, 1.54) is 0 Å². The molecule has 2 aliphatic rings. The molecule has 2 unspecified atom stereocenters. The van der Waals surface area contributed by atoms with Crippen LogP contribution in [0.5, 0.6) is 0 Å². The topological polar surface area (TPSA) is 83.0 Å². The van der Waals surface area contributed by atoms with Gasteiger partial charge in [0.1, 0.15) is 0 Å². The molecule has 164 valence electrons. The number of guanidine groups is 1. The summed E-state index contributed by atoms with van der Waals surface area (Å²) in [6.45, 7) is 12.5. The molecule has 0 bridgehead atoms. The van der Waals surface area contributed by atoms with Crippen LogP contribution in [0.25, 0.3) is 0 Å². The minimum Gasteiger partial charge on any atom is -0.377 e. The Morgan fingerprint density at radius 2 is 1.96 bits per heavy atom. The predicted octanol–water partition coefficient (Wildman–Crippen LogP) is 1.76. The molecule has 2 rings (SSSR count). The van der Waals surface area contributed by atoms with Gasteiger partial charge in [0.05, 0.1) is 11.9 Å². The maximum Gasteiger partial charge on any atom is 0.215 e. The van der Waals surface area contributed by atoms with Crippen LogP contribution in [0.2, 0.25) is 0 Å². The SMILES string of the molecule is CCNC(=NCC1CCCOC1C(C)(C)C)NCCS(=O)(=O)N1CCSCC1. The molecule has 0 aromatic heterocycles. The summed E-state index contributed by atoms with van der Waals surface area (Å²) in [6.07, 6.45) is 2.39. The molecular weight excluding hydrogens is 396 g/mol. The van der Waals surface area contributed by atoms with Crippen LogP contribution >= 0.6 is 11.8 Å². The second kappa shape index (κ2) is 11.0. The van der Waals surface area contributed by atoms with E-state index in [0.717, 1.165) is 37.5 Å². The highest BCUT2D eigenvalue weighted by Gasteiger charge is 2.35. The predicted molar refractivity (Wildman–Crippen MR) is 119 cm³/mol. The summed E-state index contributed by atoms with van der Waals surface area (Å²) < 4.78 is 32.6. The molecule has 2 saturated heterocycles. The van der Waals surface area contributed by atoms with Crippen LogP contribution in [0.1, 0.15) is 40.5 Å². The minimum absolute atomic E-state index is 0.0905. The van der Waals surface area contributed by atoms with E-state index in [1.54, 1.807) is 4.31 Å². The summed E-state index contributed by atoms with van der Waals surface area (Å²) in [6, 6.07) is 0. The van der Waals surface area contributed by atoms with Gasteiger partial charge in [-0.15, -0.1) is 0 Å². The quantitative estimate of drug-likeness (QED) is 0.469. The number of sulfonamides is 1. The Hall–Kier alpha value is -0.510. The fourth-order valence-corrected chi connectivity index (χ4v) is 6.28. The van der Waals surface area contributed by atoms with Crippen molar-refractivity contribution in [3.63, 3.8) is 0 Å². The van der Waals surface area contributed by atoms with Crippen molar-refractivity contribution in [2.24, 2.45) is 16.3 Å². The first kappa shape index (κ1) is 23.8. The van der Waals surface area contributed by atoms with E-state index in [-0.39, 0.29) is 17.3 Å². The lowest BCUT2D eigenvalue weighted by Gasteiger charge is -2.39. The maximum atomic E-state index is 12.5. The largest absolute Gasteiger partial charge is 0.377 e. The van der Waals surface area contributed by atoms with E-state index in [9.17, 15) is 8.42 Å². The first-order valence-electron chi connectivity index (χ1n) is 10.4. The van der Waals surface area contributed by atoms with Crippen molar-refractivity contribution < 1.29 is 13.2 Å². The number of hydrogen-bond donors (Lipinski definition) is 2. The fraction of sp³-hybridized carbons (Fsp3) is 0.947. The first-order valence-corrected chi connectivity index (χ1v) is 13.2. The number of aliphatic imine (C=N–C) groups is 1. The van der Waals surface area contributed by atoms with Gasteiger partial charge in [0, 0.05) is 56.8 Å². The van der Waals surface area contributed by atoms with Gasteiger partial charge < -0.3 is 15.4 Å². The van der Waals surface area contributed by atoms with Gasteiger partial charge in [-0.3, -0.25) is 4.99 Å². The highest BCUT2D eigenvalue weighted by atomic mass is 32.2. The van der Waals surface area contributed by atoms with Crippen LogP contribution in [0.3, 0.4) is 0 Å². The Labute approximate surface area is 175 Å². The van der Waals surface area contributed by atoms with Gasteiger partial charge in [-0.2, -0.15) is 11.8 Å². The van der Waals surface area contributed by atoms with Crippen LogP contribution in [0, 0.1) is 11.3 Å². The van der Waals surface area contributed by atoms with Crippen molar-refractivity contribution in [1.29, 1.82) is 0 Å². The lowest BCUT2D eigenvalue weighted by Crippen LogP contribution is -2.45. The van der Waals surface area contributed by atoms with Gasteiger partial charge in [-0.25, -0.2) is 12.7 Å². The summed E-state index contributed by atoms with van der Waals surface area (Å²) in [7, 11) is -3.20. The molecule has 2 atom stereocenters. The first-order chi connectivity index (χ1) is 13.2. The van der Waals surface area contributed by atoms with Gasteiger partial charge in [0.15, 0.2) is 5.96 Å². The Kier molecular flexibility index (Phi) is 9.37. The smallest absolute Gasteiger partial charge is 0.215 e. The molecule has 28 heavy (non-hydrogen) atoms. The summed E-state index contributed by atoms with van der Waals surface area (Å²) in [5.74, 6) is 2.94. The average Bonchev–Trinajstić information content (AvgIpc) is 2.66. The summed E-state index contributed by atoms with van der Waals surface area (Å²) in [5.41, 5.74) is 0.0905. The normalized spacial score (nSPS) is 25.5. The fourth-order valence-electron chi connectivity index (χ4n) is 3.79. The molecular formula is C19H38N4O3S2. The molecule has 9 heteroatoms. The molecule has 0 radical (unpaired) electrons. The van der Waals surface area contributed by atoms with Crippen LogP contribution in [0.4, 0.5) is 0 Å². The molecule has 7 nitrogen and oxygen atoms in total. The zero-order chi connectivity index (χ0) is 20.6. The number of thioether (sulfide) groups is 1. The van der Waals surface area contributed by atoms with Gasteiger partial charge in [-0.1, -0.05) is 20.8 Å². The van der Waals surface area contributed by atoms with Crippen LogP contribution in [-0.4, -0.2) is 81.4 Å². The standard InChI is InChI=1S/C19H38N4O3S2/c1-5-20-18(21-8-14-28(24,25)23-9-12-27-13-10-23)22-15-16-7-6-11-26-17(16)19(2,3)4/h16-17H,5-15H2,1-4H3,(H2,20,21,22). The number of nitrogens with zero attached hydrogens (tertiary/aromatic N) is 2. The van der Waals surface area contributed by atoms with E-state index in [1.807, 2.05) is 18.7 Å². The van der Waals surface area contributed by atoms with Crippen molar-refractivity contribution in [2.45, 2.75) is 46.6 Å². The zero-order valence-corrected chi connectivity index (χ0v) is 19.5. The molecule has 0 aromatic rings. The Balaban J connectivity index is 1.89. The van der Waals surface area contributed by atoms with Gasteiger partial charge >= 0.3 is 0 Å². The minimum atomic E-state index is -3.20. The van der Waals surface area contributed by atoms with Crippen molar-refractivity contribution >= 4 is 27.7 Å². The van der Waals surface area contributed by atoms with Crippen LogP contribution in [0.15, 0.2) is 4.99 Å². The van der Waals surface area contributed by atoms with Crippen molar-refractivity contribution in [1.82, 2.24) is 14.9 Å². The lowest BCUT2D eigenvalue weighted by molar-refractivity contribution is -0.0823. The van der Waals surface area contributed by atoms with Gasteiger partial charge in [-0.05, 0) is 25.2 Å². The average molecular weight is 435 g/mol. The van der Waals surface area contributed by atoms with Crippen LogP contribution in [-0.2, 0) is 14.8 Å². The second-order valence-corrected chi connectivity index (χ2v) is 11.8. The van der Waals surface area contributed by atoms with E-state index in [0.29, 0.717) is 38.1 Å². The van der Waals surface area contributed by atoms with E-state index >= 15 is 0 Å². The highest BCUT2D eigenvalue weighted by molar-refractivity contribution is 7.99. The van der Waals surface area contributed by atoms with Crippen molar-refractivity contribution in [3.8, 4) is 0 Å². The Morgan fingerprint density at radius 3 is 2.61 bits per heavy atom. The summed E-state index contributed by atoms with van der Waals surface area (Å²) in [4.78, 5) is 4.74. The molecule has 2 aliphatic heterocycles. The van der Waals surface area contributed by atoms with Crippen molar-refractivity contribution in [2.75, 3.05) is 56.6 Å². The third kappa shape index (κ3) is 7.39. The van der Waals surface area contributed by atoms with Gasteiger partial charge in [0.25, 0.3) is 0 Å². The molecule has 2 N–H and O–H groups in total. The highest BCUT2D eigenvalue weighted by Crippen LogP contribution is 2.34. The Bertz CT molecular complexity index is 599. The monoisotopic (exact) mass is 434 g/mol. The van der Waals surface area contributed by atoms with E-state index in [2.05, 4.69) is 31.4 Å². The molecule has 0 saturated carbocycles. The molecule has 0 aliphatic carbocycles. The number of nitrogens with one attached hydrogen (secondary N) is 2. The van der Waals surface area contributed by atoms with Crippen molar-refractivity contribution in [3.05, 3.63) is 0 Å². The second-order valence-electron chi connectivity index (χ2n) is 8.53. The number of rotatable bonds is 7. The van der Waals surface area contributed by atoms with Crippen LogP contribution < -0.4 is 10.6 Å². The maximum absolute atomic E-state index is 12.5. The lowest BCUT2D eigenvalue weighted by atomic mass is 9.78. The molecule has 0 spiro atoms. The Morgan fingerprint density at radius 1 is 1.25 bits per heavy atom. The summed E-state index contributed by atoms with van der Waals surface area (Å²) in [5, 5.41) is 6.42. The molecule has 2 heterocycles. The summed E-state index contributed by atoms with van der Waals surface area (Å²) >= 11 is 1.81. The van der Waals surface area contributed by atoms with E-state index in [4.69, 9.17) is 9.73 Å². The van der Waals surface area contributed by atoms with Gasteiger partial charge in [0.2, 0.25) is 10.0 Å². The number of ether oxygens (including phenoxy) is 1. The third-order valence-electron chi connectivity index (χ3n) is 5.14. The number of hydrogen-bond acceptors (Lipinski definition) is 5. The molecule has 0 amide bonds. The molecule has 2 fully saturated rings. The zero-order valence-electron chi connectivity index (χ0n) is 17.9. The molecule has 0 aromatic carbocycles.